The number of aromatic carboxylic acids is 1. The highest BCUT2D eigenvalue weighted by Crippen LogP contribution is 2.19. The molecule has 0 aliphatic carbocycles. The molecule has 2 aromatic carbocycles. The highest BCUT2D eigenvalue weighted by atomic mass is 19.1. The normalized spacial score (nSPS) is 10.3. The molecule has 20 heavy (non-hydrogen) atoms. The molecule has 0 radical (unpaired) electrons. The number of phenols is 1. The summed E-state index contributed by atoms with van der Waals surface area (Å²) in [5, 5.41) is 20.7. The third-order valence-corrected chi connectivity index (χ3v) is 2.64. The Bertz CT molecular complexity index is 639. The van der Waals surface area contributed by atoms with E-state index in [0.29, 0.717) is 5.56 Å². The van der Waals surface area contributed by atoms with Crippen molar-refractivity contribution in [1.82, 2.24) is 0 Å². The fourth-order valence-corrected chi connectivity index (χ4v) is 1.73. The minimum Gasteiger partial charge on any atom is -0.508 e. The molecule has 6 heteroatoms. The Balaban J connectivity index is 2.18. The number of nitrogens with one attached hydrogen (secondary N) is 1. The Labute approximate surface area is 113 Å². The van der Waals surface area contributed by atoms with E-state index in [1.165, 1.54) is 12.1 Å². The quantitative estimate of drug-likeness (QED) is 0.804. The van der Waals surface area contributed by atoms with Gasteiger partial charge in [-0.15, -0.1) is 0 Å². The number of carboxylic acids is 1. The molecular weight excluding hydrogens is 268 g/mol. The zero-order chi connectivity index (χ0) is 14.7. The molecule has 0 fully saturated rings. The molecule has 0 saturated carbocycles. The van der Waals surface area contributed by atoms with E-state index in [1.54, 1.807) is 0 Å². The number of anilines is 1. The number of hydrogen-bond donors (Lipinski definition) is 3. The summed E-state index contributed by atoms with van der Waals surface area (Å²) in [6.45, 7) is 0.0469. The molecule has 0 aliphatic heterocycles. The van der Waals surface area contributed by atoms with Gasteiger partial charge in [0.25, 0.3) is 0 Å². The maximum absolute atomic E-state index is 13.5. The molecule has 2 aromatic rings. The standard InChI is InChI=1S/C14H11F2NO3/c15-10-3-8(4-11(18)6-10)7-17-13-5-9(14(19)20)1-2-12(13)16/h1-6,17-18H,7H2,(H,19,20). The largest absolute Gasteiger partial charge is 0.508 e. The van der Waals surface area contributed by atoms with Gasteiger partial charge in [-0.2, -0.15) is 0 Å². The molecule has 0 bridgehead atoms. The number of carboxylic acid groups (broad SMARTS) is 1. The van der Waals surface area contributed by atoms with Crippen LogP contribution in [0.2, 0.25) is 0 Å². The lowest BCUT2D eigenvalue weighted by Crippen LogP contribution is -2.04. The lowest BCUT2D eigenvalue weighted by molar-refractivity contribution is 0.0697. The smallest absolute Gasteiger partial charge is 0.335 e. The van der Waals surface area contributed by atoms with Gasteiger partial charge >= 0.3 is 5.97 Å². The van der Waals surface area contributed by atoms with E-state index in [-0.39, 0.29) is 23.5 Å². The Morgan fingerprint density at radius 3 is 2.55 bits per heavy atom. The van der Waals surface area contributed by atoms with Crippen LogP contribution >= 0.6 is 0 Å². The number of carbonyl (C=O) groups is 1. The van der Waals surface area contributed by atoms with Crippen molar-refractivity contribution >= 4 is 11.7 Å². The molecule has 0 aliphatic rings. The van der Waals surface area contributed by atoms with Gasteiger partial charge in [0.05, 0.1) is 11.3 Å². The molecule has 2 rings (SSSR count). The zero-order valence-corrected chi connectivity index (χ0v) is 10.2. The van der Waals surface area contributed by atoms with Gasteiger partial charge in [0, 0.05) is 12.6 Å². The Kier molecular flexibility index (Phi) is 3.84. The van der Waals surface area contributed by atoms with Gasteiger partial charge in [-0.05, 0) is 35.9 Å². The summed E-state index contributed by atoms with van der Waals surface area (Å²) in [6, 6.07) is 6.80. The monoisotopic (exact) mass is 279 g/mol. The summed E-state index contributed by atoms with van der Waals surface area (Å²) in [5.41, 5.74) is 0.340. The van der Waals surface area contributed by atoms with Crippen molar-refractivity contribution < 1.29 is 23.8 Å². The summed E-state index contributed by atoms with van der Waals surface area (Å²) in [7, 11) is 0. The molecule has 0 atom stereocenters. The summed E-state index contributed by atoms with van der Waals surface area (Å²) >= 11 is 0. The first kappa shape index (κ1) is 13.8. The van der Waals surface area contributed by atoms with Crippen molar-refractivity contribution in [3.63, 3.8) is 0 Å². The van der Waals surface area contributed by atoms with Crippen molar-refractivity contribution in [1.29, 1.82) is 0 Å². The zero-order valence-electron chi connectivity index (χ0n) is 10.2. The highest BCUT2D eigenvalue weighted by Gasteiger charge is 2.08. The number of benzene rings is 2. The van der Waals surface area contributed by atoms with Crippen LogP contribution in [-0.2, 0) is 6.54 Å². The Hall–Kier alpha value is -2.63. The average molecular weight is 279 g/mol. The van der Waals surface area contributed by atoms with Crippen LogP contribution < -0.4 is 5.32 Å². The third kappa shape index (κ3) is 3.23. The molecule has 0 amide bonds. The topological polar surface area (TPSA) is 69.6 Å². The number of hydrogen-bond acceptors (Lipinski definition) is 3. The van der Waals surface area contributed by atoms with Crippen LogP contribution in [0.5, 0.6) is 5.75 Å². The van der Waals surface area contributed by atoms with Crippen molar-refractivity contribution in [2.24, 2.45) is 0 Å². The predicted molar refractivity (Wildman–Crippen MR) is 68.8 cm³/mol. The second-order valence-electron chi connectivity index (χ2n) is 4.17. The second-order valence-corrected chi connectivity index (χ2v) is 4.17. The predicted octanol–water partition coefficient (Wildman–Crippen LogP) is 2.98. The Morgan fingerprint density at radius 1 is 1.15 bits per heavy atom. The summed E-state index contributed by atoms with van der Waals surface area (Å²) < 4.78 is 26.6. The molecular formula is C14H11F2NO3. The summed E-state index contributed by atoms with van der Waals surface area (Å²) in [5.74, 6) is -2.63. The van der Waals surface area contributed by atoms with Gasteiger partial charge in [-0.1, -0.05) is 0 Å². The van der Waals surface area contributed by atoms with Crippen LogP contribution in [0.4, 0.5) is 14.5 Å². The molecule has 0 spiro atoms. The van der Waals surface area contributed by atoms with Crippen LogP contribution in [0.15, 0.2) is 36.4 Å². The van der Waals surface area contributed by atoms with Gasteiger partial charge in [0.1, 0.15) is 17.4 Å². The van der Waals surface area contributed by atoms with E-state index in [0.717, 1.165) is 24.3 Å². The Morgan fingerprint density at radius 2 is 1.90 bits per heavy atom. The van der Waals surface area contributed by atoms with Gasteiger partial charge in [0.15, 0.2) is 0 Å². The molecule has 0 saturated heterocycles. The van der Waals surface area contributed by atoms with E-state index >= 15 is 0 Å². The van der Waals surface area contributed by atoms with Crippen molar-refractivity contribution in [3.05, 3.63) is 59.2 Å². The van der Waals surface area contributed by atoms with E-state index in [4.69, 9.17) is 5.11 Å². The molecule has 4 nitrogen and oxygen atoms in total. The van der Waals surface area contributed by atoms with Gasteiger partial charge in [-0.3, -0.25) is 0 Å². The van der Waals surface area contributed by atoms with Crippen molar-refractivity contribution in [2.75, 3.05) is 5.32 Å². The molecule has 104 valence electrons. The van der Waals surface area contributed by atoms with E-state index in [2.05, 4.69) is 5.32 Å². The van der Waals surface area contributed by atoms with Gasteiger partial charge in [-0.25, -0.2) is 13.6 Å². The second kappa shape index (κ2) is 5.56. The van der Waals surface area contributed by atoms with Crippen molar-refractivity contribution in [2.45, 2.75) is 6.54 Å². The maximum Gasteiger partial charge on any atom is 0.335 e. The highest BCUT2D eigenvalue weighted by molar-refractivity contribution is 5.88. The fraction of sp³-hybridized carbons (Fsp3) is 0.0714. The number of rotatable bonds is 4. The average Bonchev–Trinajstić information content (AvgIpc) is 2.36. The summed E-state index contributed by atoms with van der Waals surface area (Å²) in [6.07, 6.45) is 0. The lowest BCUT2D eigenvalue weighted by atomic mass is 10.1. The van der Waals surface area contributed by atoms with Gasteiger partial charge < -0.3 is 15.5 Å². The lowest BCUT2D eigenvalue weighted by Gasteiger charge is -2.09. The van der Waals surface area contributed by atoms with Crippen LogP contribution in [0, 0.1) is 11.6 Å². The van der Waals surface area contributed by atoms with Gasteiger partial charge in [0.2, 0.25) is 0 Å². The number of phenolic OH excluding ortho intramolecular Hbond substituents is 1. The maximum atomic E-state index is 13.5. The first-order valence-electron chi connectivity index (χ1n) is 5.71. The molecule has 0 heterocycles. The van der Waals surface area contributed by atoms with Crippen LogP contribution in [0.25, 0.3) is 0 Å². The minimum atomic E-state index is -1.17. The first-order valence-corrected chi connectivity index (χ1v) is 5.71. The van der Waals surface area contributed by atoms with Crippen LogP contribution in [0.1, 0.15) is 15.9 Å². The van der Waals surface area contributed by atoms with E-state index in [1.807, 2.05) is 0 Å². The van der Waals surface area contributed by atoms with Crippen molar-refractivity contribution in [3.8, 4) is 5.75 Å². The molecule has 0 unspecified atom stereocenters. The first-order chi connectivity index (χ1) is 9.45. The number of aromatic hydroxyl groups is 1. The van der Waals surface area contributed by atoms with Crippen LogP contribution in [-0.4, -0.2) is 16.2 Å². The minimum absolute atomic E-state index is 0.00588. The summed E-state index contributed by atoms with van der Waals surface area (Å²) in [4.78, 5) is 10.8. The number of halogens is 2. The third-order valence-electron chi connectivity index (χ3n) is 2.64. The van der Waals surface area contributed by atoms with Crippen LogP contribution in [0.3, 0.4) is 0 Å². The molecule has 0 aromatic heterocycles. The molecule has 3 N–H and O–H groups in total. The van der Waals surface area contributed by atoms with E-state index in [9.17, 15) is 18.7 Å². The SMILES string of the molecule is O=C(O)c1ccc(F)c(NCc2cc(O)cc(F)c2)c1. The van der Waals surface area contributed by atoms with E-state index < -0.39 is 17.6 Å². The fourth-order valence-electron chi connectivity index (χ4n) is 1.73.